The molecule has 25 heavy (non-hydrogen) atoms. The number of rotatable bonds is 4. The van der Waals surface area contributed by atoms with E-state index in [2.05, 4.69) is 10.3 Å². The number of nitrogens with one attached hydrogen (secondary N) is 1. The van der Waals surface area contributed by atoms with Gasteiger partial charge in [0.15, 0.2) is 6.61 Å². The monoisotopic (exact) mass is 379 g/mol. The Hall–Kier alpha value is -2.45. The Kier molecular flexibility index (Phi) is 5.00. The maximum Gasteiger partial charge on any atom is 0.350 e. The first-order valence-corrected chi connectivity index (χ1v) is 8.64. The quantitative estimate of drug-likeness (QED) is 0.824. The maximum atomic E-state index is 12.2. The fourth-order valence-corrected chi connectivity index (χ4v) is 3.46. The number of aromatic nitrogens is 1. The molecule has 2 heterocycles. The topological polar surface area (TPSA) is 88.6 Å². The van der Waals surface area contributed by atoms with E-state index in [1.807, 2.05) is 6.07 Å². The third kappa shape index (κ3) is 3.80. The molecule has 1 aliphatic rings. The van der Waals surface area contributed by atoms with Crippen molar-refractivity contribution in [1.29, 1.82) is 0 Å². The van der Waals surface area contributed by atoms with Crippen molar-refractivity contribution in [3.8, 4) is 10.6 Å². The second-order valence-corrected chi connectivity index (χ2v) is 6.73. The van der Waals surface area contributed by atoms with E-state index in [1.165, 1.54) is 11.3 Å². The molecule has 0 spiro atoms. The highest BCUT2D eigenvalue weighted by Crippen LogP contribution is 2.29. The molecule has 1 fully saturated rings. The van der Waals surface area contributed by atoms with Gasteiger partial charge in [0.1, 0.15) is 9.88 Å². The van der Waals surface area contributed by atoms with Gasteiger partial charge in [0.25, 0.3) is 5.91 Å². The first kappa shape index (κ1) is 17.4. The third-order valence-electron chi connectivity index (χ3n) is 3.54. The molecule has 1 N–H and O–H groups in total. The minimum absolute atomic E-state index is 0.272. The van der Waals surface area contributed by atoms with Crippen LogP contribution in [0.2, 0.25) is 5.02 Å². The molecular weight excluding hydrogens is 366 g/mol. The number of amides is 3. The summed E-state index contributed by atoms with van der Waals surface area (Å²) in [4.78, 5) is 41.2. The van der Waals surface area contributed by atoms with Crippen LogP contribution in [0.1, 0.15) is 15.4 Å². The number of urea groups is 1. The number of imide groups is 1. The lowest BCUT2D eigenvalue weighted by atomic mass is 10.2. The van der Waals surface area contributed by atoms with Crippen molar-refractivity contribution in [1.82, 2.24) is 15.2 Å². The predicted molar refractivity (Wildman–Crippen MR) is 92.7 cm³/mol. The minimum atomic E-state index is -0.642. The highest BCUT2D eigenvalue weighted by molar-refractivity contribution is 7.17. The van der Waals surface area contributed by atoms with E-state index in [4.69, 9.17) is 16.3 Å². The second-order valence-electron chi connectivity index (χ2n) is 5.30. The van der Waals surface area contributed by atoms with Gasteiger partial charge in [-0.2, -0.15) is 0 Å². The van der Waals surface area contributed by atoms with Crippen LogP contribution in [-0.4, -0.2) is 47.5 Å². The molecule has 0 atom stereocenters. The summed E-state index contributed by atoms with van der Waals surface area (Å²) < 4.78 is 5.04. The molecule has 3 amide bonds. The third-order valence-corrected chi connectivity index (χ3v) is 4.96. The lowest BCUT2D eigenvalue weighted by Crippen LogP contribution is -2.37. The van der Waals surface area contributed by atoms with Crippen LogP contribution in [-0.2, 0) is 9.53 Å². The van der Waals surface area contributed by atoms with Gasteiger partial charge in [-0.15, -0.1) is 11.3 Å². The zero-order valence-corrected chi connectivity index (χ0v) is 14.8. The molecule has 130 valence electrons. The van der Waals surface area contributed by atoms with Crippen LogP contribution >= 0.6 is 22.9 Å². The van der Waals surface area contributed by atoms with E-state index in [0.29, 0.717) is 27.1 Å². The van der Waals surface area contributed by atoms with Crippen LogP contribution in [0, 0.1) is 6.92 Å². The van der Waals surface area contributed by atoms with Crippen molar-refractivity contribution in [2.24, 2.45) is 0 Å². The summed E-state index contributed by atoms with van der Waals surface area (Å²) in [5.41, 5.74) is 1.31. The number of benzene rings is 1. The van der Waals surface area contributed by atoms with Crippen LogP contribution in [0.25, 0.3) is 10.6 Å². The van der Waals surface area contributed by atoms with E-state index in [0.717, 1.165) is 10.5 Å². The van der Waals surface area contributed by atoms with Crippen LogP contribution in [0.5, 0.6) is 0 Å². The zero-order chi connectivity index (χ0) is 18.0. The highest BCUT2D eigenvalue weighted by Gasteiger charge is 2.27. The molecule has 9 heteroatoms. The van der Waals surface area contributed by atoms with Crippen molar-refractivity contribution >= 4 is 40.8 Å². The van der Waals surface area contributed by atoms with E-state index in [1.54, 1.807) is 25.1 Å². The summed E-state index contributed by atoms with van der Waals surface area (Å²) in [6.07, 6.45) is 0. The number of carbonyl (C=O) groups is 3. The van der Waals surface area contributed by atoms with E-state index < -0.39 is 24.5 Å². The van der Waals surface area contributed by atoms with E-state index in [-0.39, 0.29) is 6.54 Å². The Morgan fingerprint density at radius 1 is 1.44 bits per heavy atom. The second kappa shape index (κ2) is 7.20. The molecule has 0 unspecified atom stereocenters. The van der Waals surface area contributed by atoms with Gasteiger partial charge in [-0.3, -0.25) is 9.69 Å². The smallest absolute Gasteiger partial charge is 0.350 e. The van der Waals surface area contributed by atoms with Crippen molar-refractivity contribution < 1.29 is 19.1 Å². The molecule has 0 bridgehead atoms. The number of carbonyl (C=O) groups excluding carboxylic acids is 3. The van der Waals surface area contributed by atoms with Gasteiger partial charge in [0.05, 0.1) is 5.69 Å². The summed E-state index contributed by atoms with van der Waals surface area (Å²) in [6.45, 7) is 1.87. The summed E-state index contributed by atoms with van der Waals surface area (Å²) in [6, 6.07) is 6.67. The molecule has 7 nitrogen and oxygen atoms in total. The SMILES string of the molecule is Cc1nc(-c2cccc(Cl)c2)sc1C(=O)OCC(=O)N1CCNC1=O. The van der Waals surface area contributed by atoms with Crippen molar-refractivity contribution in [2.75, 3.05) is 19.7 Å². The first-order chi connectivity index (χ1) is 12.0. The number of halogens is 1. The van der Waals surface area contributed by atoms with Gasteiger partial charge in [-0.05, 0) is 19.1 Å². The van der Waals surface area contributed by atoms with E-state index >= 15 is 0 Å². The number of esters is 1. The van der Waals surface area contributed by atoms with Gasteiger partial charge in [-0.25, -0.2) is 14.6 Å². The van der Waals surface area contributed by atoms with Crippen LogP contribution < -0.4 is 5.32 Å². The Balaban J connectivity index is 1.68. The number of ether oxygens (including phenoxy) is 1. The van der Waals surface area contributed by atoms with Gasteiger partial charge >= 0.3 is 12.0 Å². The highest BCUT2D eigenvalue weighted by atomic mass is 35.5. The molecule has 0 saturated carbocycles. The van der Waals surface area contributed by atoms with E-state index in [9.17, 15) is 14.4 Å². The lowest BCUT2D eigenvalue weighted by molar-refractivity contribution is -0.130. The molecule has 1 aromatic carbocycles. The maximum absolute atomic E-state index is 12.2. The van der Waals surface area contributed by atoms with Crippen LogP contribution in [0.3, 0.4) is 0 Å². The summed E-state index contributed by atoms with van der Waals surface area (Å²) in [7, 11) is 0. The fraction of sp³-hybridized carbons (Fsp3) is 0.250. The lowest BCUT2D eigenvalue weighted by Gasteiger charge is -2.11. The average Bonchev–Trinajstić information content (AvgIpc) is 3.18. The summed E-state index contributed by atoms with van der Waals surface area (Å²) in [5, 5.41) is 3.72. The number of hydrogen-bond acceptors (Lipinski definition) is 6. The average molecular weight is 380 g/mol. The Labute approximate surface area is 152 Å². The van der Waals surface area contributed by atoms with Crippen molar-refractivity contribution in [3.05, 3.63) is 39.9 Å². The molecule has 0 aliphatic carbocycles. The number of thiazole rings is 1. The van der Waals surface area contributed by atoms with Gasteiger partial charge in [0.2, 0.25) is 0 Å². The normalized spacial score (nSPS) is 13.7. The molecule has 2 aromatic rings. The van der Waals surface area contributed by atoms with Gasteiger partial charge in [0, 0.05) is 23.7 Å². The standard InChI is InChI=1S/C16H14ClN3O4S/c1-9-13(25-14(19-9)10-3-2-4-11(17)7-10)15(22)24-8-12(21)20-6-5-18-16(20)23/h2-4,7H,5-6,8H2,1H3,(H,18,23). The summed E-state index contributed by atoms with van der Waals surface area (Å²) >= 11 is 7.14. The Morgan fingerprint density at radius 2 is 2.24 bits per heavy atom. The van der Waals surface area contributed by atoms with Crippen molar-refractivity contribution in [2.45, 2.75) is 6.92 Å². The van der Waals surface area contributed by atoms with Crippen LogP contribution in [0.15, 0.2) is 24.3 Å². The fourth-order valence-electron chi connectivity index (χ4n) is 2.31. The molecule has 0 radical (unpaired) electrons. The Bertz CT molecular complexity index is 852. The molecular formula is C16H14ClN3O4S. The minimum Gasteiger partial charge on any atom is -0.451 e. The molecule has 1 saturated heterocycles. The number of aryl methyl sites for hydroxylation is 1. The Morgan fingerprint density at radius 3 is 2.92 bits per heavy atom. The van der Waals surface area contributed by atoms with Crippen molar-refractivity contribution in [3.63, 3.8) is 0 Å². The molecule has 3 rings (SSSR count). The largest absolute Gasteiger partial charge is 0.451 e. The molecule has 1 aliphatic heterocycles. The molecule has 1 aromatic heterocycles. The number of hydrogen-bond donors (Lipinski definition) is 1. The summed E-state index contributed by atoms with van der Waals surface area (Å²) in [5.74, 6) is -1.20. The van der Waals surface area contributed by atoms with Gasteiger partial charge in [-0.1, -0.05) is 23.7 Å². The first-order valence-electron chi connectivity index (χ1n) is 7.44. The predicted octanol–water partition coefficient (Wildman–Crippen LogP) is 2.48. The number of nitrogens with zero attached hydrogens (tertiary/aromatic N) is 2. The van der Waals surface area contributed by atoms with Gasteiger partial charge < -0.3 is 10.1 Å². The zero-order valence-electron chi connectivity index (χ0n) is 13.2. The van der Waals surface area contributed by atoms with Crippen LogP contribution in [0.4, 0.5) is 4.79 Å².